The zero-order chi connectivity index (χ0) is 20.0. The first-order valence-corrected chi connectivity index (χ1v) is 9.03. The number of methoxy groups -OCH3 is 1. The van der Waals surface area contributed by atoms with E-state index in [-0.39, 0.29) is 5.69 Å². The Morgan fingerprint density at radius 2 is 1.52 bits per heavy atom. The monoisotopic (exact) mass is 414 g/mol. The quantitative estimate of drug-likeness (QED) is 0.305. The van der Waals surface area contributed by atoms with Crippen molar-refractivity contribution in [3.8, 4) is 27.0 Å². The molecule has 2 aromatic carbocycles. The molecule has 1 aromatic heterocycles. The smallest absolute Gasteiger partial charge is 0.497 e. The van der Waals surface area contributed by atoms with Crippen LogP contribution in [-0.4, -0.2) is 12.0 Å². The van der Waals surface area contributed by atoms with Crippen molar-refractivity contribution >= 4 is 17.0 Å². The van der Waals surface area contributed by atoms with Gasteiger partial charge in [-0.2, -0.15) is 5.16 Å². The zero-order valence-corrected chi connectivity index (χ0v) is 15.1. The minimum absolute atomic E-state index is 0.0487. The predicted molar refractivity (Wildman–Crippen MR) is 82.8 cm³/mol. The number of hydrogen-bond donors (Lipinski definition) is 0. The molecule has 0 aliphatic carbocycles. The maximum atomic E-state index is 10.7. The van der Waals surface area contributed by atoms with Crippen LogP contribution in [0.4, 0.5) is 5.69 Å². The first-order chi connectivity index (χ1) is 12.7. The van der Waals surface area contributed by atoms with Gasteiger partial charge in [0.15, 0.2) is 0 Å². The van der Waals surface area contributed by atoms with E-state index < -0.39 is 15.2 Å². The summed E-state index contributed by atoms with van der Waals surface area (Å²) < 4.78 is 44.4. The van der Waals surface area contributed by atoms with Crippen molar-refractivity contribution in [3.05, 3.63) is 58.6 Å². The fourth-order valence-electron chi connectivity index (χ4n) is 1.88. The summed E-state index contributed by atoms with van der Waals surface area (Å²) in [5, 5.41) is 16.0. The van der Waals surface area contributed by atoms with Crippen LogP contribution in [0.5, 0.6) is 5.75 Å². The molecule has 0 fully saturated rings. The van der Waals surface area contributed by atoms with Crippen molar-refractivity contribution in [1.29, 1.82) is 0 Å². The number of rotatable bonds is 4. The zero-order valence-electron chi connectivity index (χ0n) is 13.6. The highest BCUT2D eigenvalue weighted by Crippen LogP contribution is 2.32. The maximum Gasteiger partial charge on any atom is 0.605 e. The molecule has 3 aromatic rings. The summed E-state index contributed by atoms with van der Waals surface area (Å²) in [6, 6.07) is 13.7. The highest BCUT2D eigenvalue weighted by Gasteiger charge is 2.27. The maximum absolute atomic E-state index is 10.7. The van der Waals surface area contributed by atoms with E-state index in [1.54, 1.807) is 19.2 Å². The van der Waals surface area contributed by atoms with Crippen molar-refractivity contribution < 1.29 is 43.1 Å². The van der Waals surface area contributed by atoms with E-state index >= 15 is 0 Å². The van der Waals surface area contributed by atoms with Gasteiger partial charge >= 0.3 is 16.4 Å². The Bertz CT molecular complexity index is 887. The Balaban J connectivity index is 0.000000465. The summed E-state index contributed by atoms with van der Waals surface area (Å²) in [4.78, 5) is 10.2. The average molecular weight is 415 g/mol. The number of aromatic nitrogens is 1. The molecule has 0 unspecified atom stereocenters. The molecule has 0 saturated carbocycles. The molecule has 27 heavy (non-hydrogen) atoms. The first-order valence-electron chi connectivity index (χ1n) is 6.98. The second-order valence-electron chi connectivity index (χ2n) is 4.79. The molecule has 0 aliphatic heterocycles. The Hall–Kier alpha value is -2.67. The average Bonchev–Trinajstić information content (AvgIpc) is 3.10. The highest BCUT2D eigenvalue weighted by atomic mass is 35.7. The third-order valence-corrected chi connectivity index (χ3v) is 4.05. The molecule has 0 aliphatic rings. The number of nitrogens with zero attached hydrogens (tertiary/aromatic N) is 2. The van der Waals surface area contributed by atoms with E-state index in [2.05, 4.69) is 5.16 Å². The minimum atomic E-state index is -4.94. The number of nitro benzene ring substituents is 1. The van der Waals surface area contributed by atoms with Crippen LogP contribution in [0.2, 0.25) is 0 Å². The number of benzene rings is 2. The first kappa shape index (κ1) is 20.6. The lowest BCUT2D eigenvalue weighted by Gasteiger charge is -2.17. The van der Waals surface area contributed by atoms with Crippen LogP contribution >= 0.6 is 11.3 Å². The van der Waals surface area contributed by atoms with Gasteiger partial charge in [0.2, 0.25) is 5.01 Å². The van der Waals surface area contributed by atoms with Crippen LogP contribution in [-0.2, 0) is 0 Å². The number of halogens is 1. The summed E-state index contributed by atoms with van der Waals surface area (Å²) in [6.45, 7) is 0. The van der Waals surface area contributed by atoms with Crippen molar-refractivity contribution in [1.82, 2.24) is 5.16 Å². The predicted octanol–water partition coefficient (Wildman–Crippen LogP) is -0.645. The summed E-state index contributed by atoms with van der Waals surface area (Å²) in [5.41, 5.74) is 1.72. The van der Waals surface area contributed by atoms with E-state index in [4.69, 9.17) is 27.9 Å². The molecule has 0 amide bonds. The van der Waals surface area contributed by atoms with Crippen LogP contribution in [0, 0.1) is 20.4 Å². The summed E-state index contributed by atoms with van der Waals surface area (Å²) >= 11 is 1.38. The van der Waals surface area contributed by atoms with Crippen LogP contribution in [0.15, 0.2) is 53.1 Å². The molecule has 0 N–H and O–H groups in total. The largest absolute Gasteiger partial charge is 0.605 e. The molecule has 3 rings (SSSR count). The standard InChI is InChI=1S/C15H11N2O4S.ClHO4/c1-20-13-8-4-11(5-9-13)15-21-16-14(22-15)10-2-6-12(7-3-10)17(18)19;2-1(3,4)5/h2-9H,1H3;(H,2,3,4,5)/q+1;/p-1. The van der Waals surface area contributed by atoms with E-state index in [0.29, 0.717) is 10.1 Å². The number of hydrogen-bond acceptors (Lipinski definition) is 7. The Morgan fingerprint density at radius 3 is 2.00 bits per heavy atom. The molecule has 0 bridgehead atoms. The van der Waals surface area contributed by atoms with E-state index in [1.165, 1.54) is 23.5 Å². The molecular formula is C15H11ClN2O8S. The van der Waals surface area contributed by atoms with Crippen LogP contribution in [0.3, 0.4) is 0 Å². The number of nitro groups is 1. The van der Waals surface area contributed by atoms with Gasteiger partial charge in [0, 0.05) is 17.7 Å². The van der Waals surface area contributed by atoms with Crippen molar-refractivity contribution in [3.63, 3.8) is 0 Å². The fourth-order valence-corrected chi connectivity index (χ4v) is 2.72. The summed E-state index contributed by atoms with van der Waals surface area (Å²) in [6.07, 6.45) is 0. The van der Waals surface area contributed by atoms with Gasteiger partial charge in [0.05, 0.1) is 12.0 Å². The molecule has 10 nitrogen and oxygen atoms in total. The van der Waals surface area contributed by atoms with Gasteiger partial charge in [0.1, 0.15) is 11.3 Å². The van der Waals surface area contributed by atoms with Gasteiger partial charge in [-0.3, -0.25) is 10.1 Å². The van der Waals surface area contributed by atoms with Gasteiger partial charge in [-0.25, -0.2) is 23.2 Å². The van der Waals surface area contributed by atoms with Crippen molar-refractivity contribution in [2.75, 3.05) is 7.11 Å². The molecule has 0 saturated heterocycles. The van der Waals surface area contributed by atoms with Crippen LogP contribution in [0.1, 0.15) is 0 Å². The highest BCUT2D eigenvalue weighted by molar-refractivity contribution is 7.17. The van der Waals surface area contributed by atoms with E-state index in [1.807, 2.05) is 24.3 Å². The molecular weight excluding hydrogens is 404 g/mol. The van der Waals surface area contributed by atoms with Gasteiger partial charge in [-0.15, -0.1) is 10.2 Å². The van der Waals surface area contributed by atoms with Gasteiger partial charge in [-0.1, -0.05) is 0 Å². The Morgan fingerprint density at radius 1 is 1.00 bits per heavy atom. The summed E-state index contributed by atoms with van der Waals surface area (Å²) in [7, 11) is -3.33. The normalized spacial score (nSPS) is 10.7. The lowest BCUT2D eigenvalue weighted by atomic mass is 10.2. The number of ether oxygens (including phenoxy) is 1. The lowest BCUT2D eigenvalue weighted by Crippen LogP contribution is -2.68. The van der Waals surface area contributed by atoms with Gasteiger partial charge in [-0.05, 0) is 36.4 Å². The van der Waals surface area contributed by atoms with Crippen LogP contribution < -0.4 is 28.5 Å². The molecule has 0 atom stereocenters. The van der Waals surface area contributed by atoms with E-state index in [9.17, 15) is 10.1 Å². The van der Waals surface area contributed by atoms with E-state index in [0.717, 1.165) is 16.9 Å². The lowest BCUT2D eigenvalue weighted by molar-refractivity contribution is -2.00. The van der Waals surface area contributed by atoms with Gasteiger partial charge < -0.3 is 4.74 Å². The summed E-state index contributed by atoms with van der Waals surface area (Å²) in [5.74, 6) is 0.767. The topological polar surface area (TPSA) is 170 Å². The number of non-ortho nitro benzene ring substituents is 1. The van der Waals surface area contributed by atoms with Gasteiger partial charge in [0.25, 0.3) is 5.69 Å². The van der Waals surface area contributed by atoms with Crippen molar-refractivity contribution in [2.45, 2.75) is 0 Å². The van der Waals surface area contributed by atoms with Crippen LogP contribution in [0.25, 0.3) is 21.2 Å². The third-order valence-electron chi connectivity index (χ3n) is 3.05. The fraction of sp³-hybridized carbons (Fsp3) is 0.0667. The second-order valence-corrected chi connectivity index (χ2v) is 6.51. The third kappa shape index (κ3) is 6.53. The Kier molecular flexibility index (Phi) is 6.74. The SMILES string of the molecule is COc1ccc(-c2[o+][n-]c(-c3ccc([N+](=O)[O-])cc3)[s+]2)cc1.[O-][Cl+3]([O-])([O-])[O-]. The molecule has 142 valence electrons. The van der Waals surface area contributed by atoms with Crippen molar-refractivity contribution in [2.24, 2.45) is 0 Å². The molecule has 0 radical (unpaired) electrons. The minimum Gasteiger partial charge on any atom is -0.497 e. The molecule has 0 spiro atoms. The molecule has 1 heterocycles. The molecule has 12 heteroatoms. The second kappa shape index (κ2) is 8.81. The Labute approximate surface area is 158 Å².